The Bertz CT molecular complexity index is 344. The highest BCUT2D eigenvalue weighted by Crippen LogP contribution is 2.09. The van der Waals surface area contributed by atoms with E-state index in [2.05, 4.69) is 18.8 Å². The van der Waals surface area contributed by atoms with E-state index < -0.39 is 0 Å². The normalized spacial score (nSPS) is 10.9. The molecule has 0 saturated carbocycles. The summed E-state index contributed by atoms with van der Waals surface area (Å²) in [6.07, 6.45) is 3.67. The maximum absolute atomic E-state index is 11.4. The Hall–Kier alpha value is -0.830. The first-order valence-corrected chi connectivity index (χ1v) is 5.27. The van der Waals surface area contributed by atoms with Gasteiger partial charge in [-0.05, 0) is 5.92 Å². The van der Waals surface area contributed by atoms with Crippen LogP contribution in [0.2, 0.25) is 5.15 Å². The van der Waals surface area contributed by atoms with E-state index in [1.54, 1.807) is 4.57 Å². The van der Waals surface area contributed by atoms with Crippen LogP contribution in [0.5, 0.6) is 0 Å². The standard InChI is InChI=1S/C10H15ClN2O/c1-3-8(4-2)6-13-7-12-9(11)5-10(13)14/h5,7-8H,3-4,6H2,1-2H3. The van der Waals surface area contributed by atoms with Crippen molar-refractivity contribution in [2.75, 3.05) is 0 Å². The minimum Gasteiger partial charge on any atom is -0.299 e. The fourth-order valence-electron chi connectivity index (χ4n) is 1.37. The van der Waals surface area contributed by atoms with Gasteiger partial charge in [0.2, 0.25) is 0 Å². The first-order chi connectivity index (χ1) is 6.67. The Morgan fingerprint density at radius 1 is 1.50 bits per heavy atom. The van der Waals surface area contributed by atoms with E-state index in [9.17, 15) is 4.79 Å². The first-order valence-electron chi connectivity index (χ1n) is 4.89. The molecule has 0 radical (unpaired) electrons. The average Bonchev–Trinajstić information content (AvgIpc) is 2.17. The van der Waals surface area contributed by atoms with Crippen LogP contribution in [0.4, 0.5) is 0 Å². The van der Waals surface area contributed by atoms with Gasteiger partial charge in [-0.1, -0.05) is 38.3 Å². The van der Waals surface area contributed by atoms with E-state index in [0.29, 0.717) is 5.92 Å². The smallest absolute Gasteiger partial charge is 0.254 e. The number of hydrogen-bond donors (Lipinski definition) is 0. The van der Waals surface area contributed by atoms with Crippen LogP contribution in [0, 0.1) is 5.92 Å². The van der Waals surface area contributed by atoms with E-state index in [1.165, 1.54) is 12.4 Å². The van der Waals surface area contributed by atoms with Crippen molar-refractivity contribution in [2.24, 2.45) is 5.92 Å². The van der Waals surface area contributed by atoms with Crippen molar-refractivity contribution >= 4 is 11.6 Å². The van der Waals surface area contributed by atoms with Crippen molar-refractivity contribution in [3.8, 4) is 0 Å². The van der Waals surface area contributed by atoms with Crippen LogP contribution < -0.4 is 5.56 Å². The molecule has 1 aromatic rings. The zero-order valence-electron chi connectivity index (χ0n) is 8.53. The van der Waals surface area contributed by atoms with Crippen molar-refractivity contribution in [2.45, 2.75) is 33.2 Å². The third-order valence-electron chi connectivity index (χ3n) is 2.46. The van der Waals surface area contributed by atoms with E-state index in [-0.39, 0.29) is 10.7 Å². The van der Waals surface area contributed by atoms with Crippen molar-refractivity contribution in [3.05, 3.63) is 27.9 Å². The van der Waals surface area contributed by atoms with Gasteiger partial charge in [0.25, 0.3) is 5.56 Å². The molecule has 0 unspecified atom stereocenters. The number of aromatic nitrogens is 2. The van der Waals surface area contributed by atoms with E-state index in [1.807, 2.05) is 0 Å². The number of nitrogens with zero attached hydrogens (tertiary/aromatic N) is 2. The molecule has 0 atom stereocenters. The molecule has 0 spiro atoms. The molecule has 1 rings (SSSR count). The third kappa shape index (κ3) is 2.84. The minimum absolute atomic E-state index is 0.0723. The van der Waals surface area contributed by atoms with Gasteiger partial charge < -0.3 is 0 Å². The molecule has 14 heavy (non-hydrogen) atoms. The summed E-state index contributed by atoms with van der Waals surface area (Å²) >= 11 is 5.60. The van der Waals surface area contributed by atoms with Crippen molar-refractivity contribution < 1.29 is 0 Å². The fourth-order valence-corrected chi connectivity index (χ4v) is 1.50. The van der Waals surface area contributed by atoms with Gasteiger partial charge in [-0.2, -0.15) is 0 Å². The summed E-state index contributed by atoms with van der Waals surface area (Å²) < 4.78 is 1.61. The Morgan fingerprint density at radius 2 is 2.14 bits per heavy atom. The summed E-state index contributed by atoms with van der Waals surface area (Å²) in [6, 6.07) is 1.35. The topological polar surface area (TPSA) is 34.9 Å². The van der Waals surface area contributed by atoms with E-state index >= 15 is 0 Å². The zero-order chi connectivity index (χ0) is 10.6. The molecule has 1 heterocycles. The Balaban J connectivity index is 2.81. The second-order valence-corrected chi connectivity index (χ2v) is 3.77. The van der Waals surface area contributed by atoms with Gasteiger partial charge in [0, 0.05) is 12.6 Å². The summed E-state index contributed by atoms with van der Waals surface area (Å²) in [5.74, 6) is 0.538. The number of halogens is 1. The zero-order valence-corrected chi connectivity index (χ0v) is 9.29. The number of hydrogen-bond acceptors (Lipinski definition) is 2. The molecule has 0 aromatic carbocycles. The lowest BCUT2D eigenvalue weighted by molar-refractivity contribution is 0.409. The van der Waals surface area contributed by atoms with Crippen LogP contribution in [0.25, 0.3) is 0 Å². The average molecular weight is 215 g/mol. The molecular formula is C10H15ClN2O. The summed E-state index contributed by atoms with van der Waals surface area (Å²) in [7, 11) is 0. The SMILES string of the molecule is CCC(CC)Cn1cnc(Cl)cc1=O. The first kappa shape index (κ1) is 11.2. The predicted octanol–water partition coefficient (Wildman–Crippen LogP) is 2.33. The van der Waals surface area contributed by atoms with E-state index in [4.69, 9.17) is 11.6 Å². The van der Waals surface area contributed by atoms with Gasteiger partial charge in [0.05, 0.1) is 6.33 Å². The molecule has 0 amide bonds. The Labute approximate surface area is 88.7 Å². The molecule has 0 bridgehead atoms. The number of rotatable bonds is 4. The van der Waals surface area contributed by atoms with Gasteiger partial charge in [0.15, 0.2) is 0 Å². The van der Waals surface area contributed by atoms with Crippen LogP contribution >= 0.6 is 11.6 Å². The second-order valence-electron chi connectivity index (χ2n) is 3.38. The fraction of sp³-hybridized carbons (Fsp3) is 0.600. The van der Waals surface area contributed by atoms with Crippen molar-refractivity contribution in [1.82, 2.24) is 9.55 Å². The van der Waals surface area contributed by atoms with Gasteiger partial charge in [-0.15, -0.1) is 0 Å². The van der Waals surface area contributed by atoms with Crippen molar-refractivity contribution in [1.29, 1.82) is 0 Å². The maximum Gasteiger partial charge on any atom is 0.254 e. The summed E-state index contributed by atoms with van der Waals surface area (Å²) in [6.45, 7) is 4.99. The molecule has 3 nitrogen and oxygen atoms in total. The molecular weight excluding hydrogens is 200 g/mol. The highest BCUT2D eigenvalue weighted by Gasteiger charge is 2.05. The van der Waals surface area contributed by atoms with Crippen LogP contribution in [0.15, 0.2) is 17.2 Å². The van der Waals surface area contributed by atoms with Crippen LogP contribution in [0.3, 0.4) is 0 Å². The molecule has 0 aliphatic rings. The van der Waals surface area contributed by atoms with Crippen LogP contribution in [-0.4, -0.2) is 9.55 Å². The van der Waals surface area contributed by atoms with E-state index in [0.717, 1.165) is 19.4 Å². The molecule has 0 saturated heterocycles. The molecule has 0 N–H and O–H groups in total. The van der Waals surface area contributed by atoms with Gasteiger partial charge in [-0.25, -0.2) is 4.98 Å². The van der Waals surface area contributed by atoms with Gasteiger partial charge in [-0.3, -0.25) is 9.36 Å². The largest absolute Gasteiger partial charge is 0.299 e. The van der Waals surface area contributed by atoms with Crippen molar-refractivity contribution in [3.63, 3.8) is 0 Å². The molecule has 1 aromatic heterocycles. The molecule has 4 heteroatoms. The lowest BCUT2D eigenvalue weighted by atomic mass is 10.0. The monoisotopic (exact) mass is 214 g/mol. The van der Waals surface area contributed by atoms with Crippen LogP contribution in [0.1, 0.15) is 26.7 Å². The van der Waals surface area contributed by atoms with Gasteiger partial charge in [0.1, 0.15) is 5.15 Å². The maximum atomic E-state index is 11.4. The predicted molar refractivity (Wildman–Crippen MR) is 57.6 cm³/mol. The minimum atomic E-state index is -0.0723. The van der Waals surface area contributed by atoms with Crippen LogP contribution in [-0.2, 0) is 6.54 Å². The highest BCUT2D eigenvalue weighted by molar-refractivity contribution is 6.29. The highest BCUT2D eigenvalue weighted by atomic mass is 35.5. The molecule has 78 valence electrons. The quantitative estimate of drug-likeness (QED) is 0.722. The molecule has 0 aliphatic carbocycles. The second kappa shape index (κ2) is 5.15. The lowest BCUT2D eigenvalue weighted by Crippen LogP contribution is -2.23. The summed E-state index contributed by atoms with van der Waals surface area (Å²) in [5, 5.41) is 0.260. The third-order valence-corrected chi connectivity index (χ3v) is 2.66. The van der Waals surface area contributed by atoms with Gasteiger partial charge >= 0.3 is 0 Å². The molecule has 0 fully saturated rings. The summed E-state index contributed by atoms with van der Waals surface area (Å²) in [5.41, 5.74) is -0.0723. The molecule has 0 aliphatic heterocycles. The lowest BCUT2D eigenvalue weighted by Gasteiger charge is -2.13. The summed E-state index contributed by atoms with van der Waals surface area (Å²) in [4.78, 5) is 15.3. The Morgan fingerprint density at radius 3 is 2.64 bits per heavy atom. The Kier molecular flexibility index (Phi) is 4.14.